The second-order valence-electron chi connectivity index (χ2n) is 7.30. The van der Waals surface area contributed by atoms with E-state index >= 15 is 0 Å². The second kappa shape index (κ2) is 10.9. The lowest BCUT2D eigenvalue weighted by Crippen LogP contribution is -2.35. The van der Waals surface area contributed by atoms with Gasteiger partial charge in [-0.1, -0.05) is 18.2 Å². The number of carbonyl (C=O) groups excluding carboxylic acids is 2. The van der Waals surface area contributed by atoms with E-state index in [1.165, 1.54) is 4.68 Å². The standard InChI is InChI=1S/C24H19N5O5S2/c1-14-18(12-25)22(36-20(14)21(31)26-15-6-4-3-5-7-15)27-19(30)13-35-23-24(32)34-28-29(23)16-8-10-17(33-2)11-9-16/h3-11H,13H2,1-2H3,(H2-,26,27,28,30,31,32). The van der Waals surface area contributed by atoms with E-state index in [1.54, 1.807) is 62.6 Å². The predicted molar refractivity (Wildman–Crippen MR) is 132 cm³/mol. The number of thiophene rings is 1. The van der Waals surface area contributed by atoms with E-state index in [-0.39, 0.29) is 27.3 Å². The topological polar surface area (TPSA) is 144 Å². The van der Waals surface area contributed by atoms with Crippen molar-refractivity contribution in [2.24, 2.45) is 0 Å². The van der Waals surface area contributed by atoms with Crippen LogP contribution < -0.4 is 25.2 Å². The Hall–Kier alpha value is -4.34. The van der Waals surface area contributed by atoms with Gasteiger partial charge in [0.05, 0.1) is 28.6 Å². The summed E-state index contributed by atoms with van der Waals surface area (Å²) in [5, 5.41) is 31.3. The average molecular weight is 522 g/mol. The van der Waals surface area contributed by atoms with E-state index in [0.717, 1.165) is 23.1 Å². The maximum atomic E-state index is 12.7. The Balaban J connectivity index is 1.46. The SMILES string of the molecule is COc1ccc(-[n+]2noc([O-])c2SCC(=O)Nc2sc(C(=O)Nc3ccccc3)c(C)c2C#N)cc1. The van der Waals surface area contributed by atoms with Crippen LogP contribution in [0.2, 0.25) is 0 Å². The molecule has 0 fully saturated rings. The number of nitrogens with one attached hydrogen (secondary N) is 2. The first-order valence-corrected chi connectivity index (χ1v) is 12.3. The Morgan fingerprint density at radius 1 is 1.19 bits per heavy atom. The zero-order valence-corrected chi connectivity index (χ0v) is 20.7. The third-order valence-electron chi connectivity index (χ3n) is 4.98. The number of thioether (sulfide) groups is 1. The number of rotatable bonds is 8. The smallest absolute Gasteiger partial charge is 0.298 e. The van der Waals surface area contributed by atoms with Gasteiger partial charge in [0.1, 0.15) is 16.8 Å². The second-order valence-corrected chi connectivity index (χ2v) is 9.29. The number of aromatic nitrogens is 2. The lowest BCUT2D eigenvalue weighted by Gasteiger charge is -2.03. The molecule has 2 N–H and O–H groups in total. The molecule has 0 spiro atoms. The van der Waals surface area contributed by atoms with Gasteiger partial charge in [-0.3, -0.25) is 9.59 Å². The fourth-order valence-electron chi connectivity index (χ4n) is 3.21. The summed E-state index contributed by atoms with van der Waals surface area (Å²) in [5.41, 5.74) is 1.85. The van der Waals surface area contributed by atoms with Crippen LogP contribution in [0.4, 0.5) is 10.7 Å². The number of nitrogens with zero attached hydrogens (tertiary/aromatic N) is 3. The summed E-state index contributed by atoms with van der Waals surface area (Å²) in [6.07, 6.45) is 0. The summed E-state index contributed by atoms with van der Waals surface area (Å²) < 4.78 is 11.2. The first-order chi connectivity index (χ1) is 17.4. The molecule has 2 aromatic carbocycles. The molecule has 0 aliphatic rings. The van der Waals surface area contributed by atoms with E-state index in [2.05, 4.69) is 15.9 Å². The third kappa shape index (κ3) is 5.32. The Bertz CT molecular complexity index is 1440. The molecule has 0 radical (unpaired) electrons. The van der Waals surface area contributed by atoms with Crippen LogP contribution in [-0.4, -0.2) is 29.9 Å². The van der Waals surface area contributed by atoms with Crippen molar-refractivity contribution >= 4 is 45.6 Å². The van der Waals surface area contributed by atoms with Crippen LogP contribution in [-0.2, 0) is 4.79 Å². The first-order valence-electron chi connectivity index (χ1n) is 10.5. The van der Waals surface area contributed by atoms with Gasteiger partial charge >= 0.3 is 0 Å². The summed E-state index contributed by atoms with van der Waals surface area (Å²) in [6, 6.07) is 17.8. The van der Waals surface area contributed by atoms with Crippen LogP contribution in [0.5, 0.6) is 11.7 Å². The van der Waals surface area contributed by atoms with Gasteiger partial charge in [0, 0.05) is 17.8 Å². The van der Waals surface area contributed by atoms with Crippen molar-refractivity contribution in [2.75, 3.05) is 23.5 Å². The molecule has 10 nitrogen and oxygen atoms in total. The van der Waals surface area contributed by atoms with Gasteiger partial charge in [0.2, 0.25) is 11.6 Å². The first kappa shape index (κ1) is 24.8. The highest BCUT2D eigenvalue weighted by atomic mass is 32.2. The van der Waals surface area contributed by atoms with Crippen LogP contribution in [0.25, 0.3) is 5.69 Å². The maximum absolute atomic E-state index is 12.7. The molecule has 0 saturated carbocycles. The van der Waals surface area contributed by atoms with Gasteiger partial charge in [0.15, 0.2) is 5.95 Å². The quantitative estimate of drug-likeness (QED) is 0.266. The number of amides is 2. The lowest BCUT2D eigenvalue weighted by atomic mass is 10.1. The number of benzene rings is 2. The molecule has 0 unspecified atom stereocenters. The molecule has 0 saturated heterocycles. The van der Waals surface area contributed by atoms with Crippen molar-refractivity contribution in [1.82, 2.24) is 5.27 Å². The van der Waals surface area contributed by atoms with Crippen LogP contribution in [0.1, 0.15) is 20.8 Å². The van der Waals surface area contributed by atoms with Gasteiger partial charge in [-0.15, -0.1) is 11.3 Å². The van der Waals surface area contributed by atoms with Crippen molar-refractivity contribution in [1.29, 1.82) is 5.26 Å². The minimum Gasteiger partial charge on any atom is -0.538 e. The summed E-state index contributed by atoms with van der Waals surface area (Å²) in [7, 11) is 1.54. The van der Waals surface area contributed by atoms with E-state index in [1.807, 2.05) is 12.1 Å². The van der Waals surface area contributed by atoms with Crippen LogP contribution in [0.15, 0.2) is 64.1 Å². The minimum atomic E-state index is -0.687. The van der Waals surface area contributed by atoms with Crippen LogP contribution >= 0.6 is 23.1 Å². The van der Waals surface area contributed by atoms with E-state index in [0.29, 0.717) is 27.6 Å². The molecular weight excluding hydrogens is 502 g/mol. The van der Waals surface area contributed by atoms with E-state index in [4.69, 9.17) is 9.26 Å². The Morgan fingerprint density at radius 3 is 2.58 bits per heavy atom. The summed E-state index contributed by atoms with van der Waals surface area (Å²) >= 11 is 1.95. The minimum absolute atomic E-state index is 0.112. The molecule has 2 heterocycles. The molecule has 0 aliphatic carbocycles. The normalized spacial score (nSPS) is 10.5. The largest absolute Gasteiger partial charge is 0.538 e. The van der Waals surface area contributed by atoms with E-state index in [9.17, 15) is 20.0 Å². The monoisotopic (exact) mass is 521 g/mol. The molecule has 36 heavy (non-hydrogen) atoms. The fraction of sp³-hybridized carbons (Fsp3) is 0.125. The van der Waals surface area contributed by atoms with Crippen molar-refractivity contribution in [2.45, 2.75) is 11.9 Å². The number of nitriles is 1. The molecule has 4 aromatic rings. The molecule has 182 valence electrons. The molecule has 0 aliphatic heterocycles. The highest BCUT2D eigenvalue weighted by Gasteiger charge is 2.24. The zero-order chi connectivity index (χ0) is 25.7. The number of para-hydroxylation sites is 1. The zero-order valence-electron chi connectivity index (χ0n) is 19.1. The summed E-state index contributed by atoms with van der Waals surface area (Å²) in [4.78, 5) is 25.7. The molecule has 0 bridgehead atoms. The molecule has 4 rings (SSSR count). The van der Waals surface area contributed by atoms with Crippen LogP contribution in [0.3, 0.4) is 0 Å². The highest BCUT2D eigenvalue weighted by molar-refractivity contribution is 7.99. The molecule has 2 aromatic heterocycles. The van der Waals surface area contributed by atoms with Crippen molar-refractivity contribution in [3.05, 3.63) is 70.6 Å². The van der Waals surface area contributed by atoms with Crippen molar-refractivity contribution in [3.8, 4) is 23.5 Å². The predicted octanol–water partition coefficient (Wildman–Crippen LogP) is 3.26. The third-order valence-corrected chi connectivity index (χ3v) is 7.20. The molecule has 0 atom stereocenters. The number of methoxy groups -OCH3 is 1. The molecule has 2 amide bonds. The van der Waals surface area contributed by atoms with Gasteiger partial charge in [0.25, 0.3) is 10.9 Å². The number of hydrogen-bond acceptors (Lipinski definition) is 9. The number of anilines is 2. The summed E-state index contributed by atoms with van der Waals surface area (Å²) in [5.74, 6) is -1.05. The highest BCUT2D eigenvalue weighted by Crippen LogP contribution is 2.33. The molecule has 12 heteroatoms. The van der Waals surface area contributed by atoms with Gasteiger partial charge in [-0.2, -0.15) is 5.26 Å². The number of carbonyl (C=O) groups is 2. The van der Waals surface area contributed by atoms with Gasteiger partial charge in [-0.25, -0.2) is 0 Å². The summed E-state index contributed by atoms with van der Waals surface area (Å²) in [6.45, 7) is 1.65. The molecular formula is C24H19N5O5S2. The van der Waals surface area contributed by atoms with Gasteiger partial charge in [-0.05, 0) is 53.2 Å². The lowest BCUT2D eigenvalue weighted by molar-refractivity contribution is -0.705. The van der Waals surface area contributed by atoms with Crippen LogP contribution in [0, 0.1) is 18.3 Å². The fourth-order valence-corrected chi connectivity index (χ4v) is 5.03. The average Bonchev–Trinajstić information content (AvgIpc) is 3.41. The Morgan fingerprint density at radius 2 is 1.92 bits per heavy atom. The number of hydrogen-bond donors (Lipinski definition) is 2. The van der Waals surface area contributed by atoms with Gasteiger partial charge < -0.3 is 25.0 Å². The van der Waals surface area contributed by atoms with E-state index < -0.39 is 11.9 Å². The number of ether oxygens (including phenoxy) is 1. The Labute approximate surface area is 214 Å². The maximum Gasteiger partial charge on any atom is 0.298 e. The van der Waals surface area contributed by atoms with Crippen molar-refractivity contribution in [3.63, 3.8) is 0 Å². The van der Waals surface area contributed by atoms with Crippen molar-refractivity contribution < 1.29 is 28.6 Å². The Kier molecular flexibility index (Phi) is 7.53.